The average molecular weight is 434 g/mol. The molecule has 8 heteroatoms. The Bertz CT molecular complexity index is 850. The van der Waals surface area contributed by atoms with Gasteiger partial charge in [0.1, 0.15) is 0 Å². The van der Waals surface area contributed by atoms with Crippen LogP contribution in [0.3, 0.4) is 0 Å². The first-order chi connectivity index (χ1) is 14.5. The zero-order chi connectivity index (χ0) is 21.1. The first-order valence-electron chi connectivity index (χ1n) is 11.2. The molecule has 4 rings (SSSR count). The summed E-state index contributed by atoms with van der Waals surface area (Å²) in [5.41, 5.74) is 0.800. The van der Waals surface area contributed by atoms with Gasteiger partial charge in [-0.15, -0.1) is 0 Å². The van der Waals surface area contributed by atoms with Crippen molar-refractivity contribution in [3.8, 4) is 0 Å². The van der Waals surface area contributed by atoms with E-state index in [9.17, 15) is 8.42 Å². The maximum Gasteiger partial charge on any atom is 0.243 e. The summed E-state index contributed by atoms with van der Waals surface area (Å²) in [5, 5.41) is 3.44. The Labute approximate surface area is 181 Å². The van der Waals surface area contributed by atoms with E-state index in [1.807, 2.05) is 32.3 Å². The van der Waals surface area contributed by atoms with Crippen molar-refractivity contribution in [3.63, 3.8) is 0 Å². The fourth-order valence-electron chi connectivity index (χ4n) is 5.15. The minimum atomic E-state index is -3.49. The minimum absolute atomic E-state index is 0.410. The van der Waals surface area contributed by atoms with E-state index in [-0.39, 0.29) is 0 Å². The molecule has 2 saturated heterocycles. The third-order valence-corrected chi connectivity index (χ3v) is 8.98. The molecule has 30 heavy (non-hydrogen) atoms. The van der Waals surface area contributed by atoms with Crippen molar-refractivity contribution in [1.29, 1.82) is 0 Å². The first kappa shape index (κ1) is 21.6. The molecule has 2 aliphatic heterocycles. The summed E-state index contributed by atoms with van der Waals surface area (Å²) < 4.78 is 28.2. The highest BCUT2D eigenvalue weighted by atomic mass is 32.2. The highest BCUT2D eigenvalue weighted by Gasteiger charge is 2.35. The number of fused-ring (bicyclic) bond motifs is 1. The maximum absolute atomic E-state index is 13.3. The fourth-order valence-corrected chi connectivity index (χ4v) is 6.80. The van der Waals surface area contributed by atoms with Crippen molar-refractivity contribution < 1.29 is 8.42 Å². The van der Waals surface area contributed by atoms with Gasteiger partial charge in [-0.1, -0.05) is 31.0 Å². The van der Waals surface area contributed by atoms with Crippen LogP contribution >= 0.6 is 0 Å². The Morgan fingerprint density at radius 2 is 1.70 bits per heavy atom. The molecular formula is C22H35N5O2S. The number of nitrogens with zero attached hydrogens (tertiary/aromatic N) is 4. The Hall–Kier alpha value is -1.64. The summed E-state index contributed by atoms with van der Waals surface area (Å²) in [6.45, 7) is 5.20. The lowest BCUT2D eigenvalue weighted by atomic mass is 9.82. The second-order valence-corrected chi connectivity index (χ2v) is 10.8. The lowest BCUT2D eigenvalue weighted by Gasteiger charge is -2.32. The maximum atomic E-state index is 13.3. The standard InChI is InChI=1S/C22H35N5O2S/c1-23-22(26-16-19-8-3-4-9-20(19)17-26)24-15-18-7-5-6-10-21(18)30(28,29)27-13-11-25(2)12-14-27/h5-7,10,19-20H,3-4,8-9,11-17H2,1-2H3,(H,23,24). The van der Waals surface area contributed by atoms with Crippen LogP contribution in [0.25, 0.3) is 0 Å². The molecule has 0 spiro atoms. The van der Waals surface area contributed by atoms with Gasteiger partial charge in [0.15, 0.2) is 5.96 Å². The minimum Gasteiger partial charge on any atom is -0.352 e. The molecule has 1 aliphatic carbocycles. The summed E-state index contributed by atoms with van der Waals surface area (Å²) >= 11 is 0. The summed E-state index contributed by atoms with van der Waals surface area (Å²) in [6.07, 6.45) is 5.34. The van der Waals surface area contributed by atoms with Gasteiger partial charge in [-0.25, -0.2) is 8.42 Å². The molecule has 1 aromatic carbocycles. The van der Waals surface area contributed by atoms with Crippen molar-refractivity contribution in [2.24, 2.45) is 16.8 Å². The average Bonchev–Trinajstić information content (AvgIpc) is 3.19. The quantitative estimate of drug-likeness (QED) is 0.580. The highest BCUT2D eigenvalue weighted by molar-refractivity contribution is 7.89. The van der Waals surface area contributed by atoms with Crippen molar-refractivity contribution in [3.05, 3.63) is 29.8 Å². The van der Waals surface area contributed by atoms with Gasteiger partial charge >= 0.3 is 0 Å². The van der Waals surface area contributed by atoms with E-state index in [0.29, 0.717) is 24.5 Å². The topological polar surface area (TPSA) is 68.2 Å². The van der Waals surface area contributed by atoms with Gasteiger partial charge in [-0.3, -0.25) is 4.99 Å². The van der Waals surface area contributed by atoms with Gasteiger partial charge in [0.2, 0.25) is 10.0 Å². The molecule has 1 N–H and O–H groups in total. The number of guanidine groups is 1. The van der Waals surface area contributed by atoms with Crippen LogP contribution in [-0.4, -0.2) is 81.8 Å². The van der Waals surface area contributed by atoms with Crippen molar-refractivity contribution >= 4 is 16.0 Å². The van der Waals surface area contributed by atoms with Crippen LogP contribution in [0.5, 0.6) is 0 Å². The van der Waals surface area contributed by atoms with E-state index >= 15 is 0 Å². The number of piperazine rings is 1. The summed E-state index contributed by atoms with van der Waals surface area (Å²) in [5.74, 6) is 2.44. The number of rotatable bonds is 4. The van der Waals surface area contributed by atoms with Crippen LogP contribution in [0, 0.1) is 11.8 Å². The van der Waals surface area contributed by atoms with Crippen LogP contribution in [-0.2, 0) is 16.6 Å². The van der Waals surface area contributed by atoms with E-state index in [4.69, 9.17) is 0 Å². The number of nitrogens with one attached hydrogen (secondary N) is 1. The predicted molar refractivity (Wildman–Crippen MR) is 120 cm³/mol. The van der Waals surface area contributed by atoms with Crippen molar-refractivity contribution in [2.75, 3.05) is 53.4 Å². The molecule has 0 radical (unpaired) electrons. The van der Waals surface area contributed by atoms with E-state index in [0.717, 1.165) is 49.5 Å². The summed E-state index contributed by atoms with van der Waals surface area (Å²) in [6, 6.07) is 7.37. The zero-order valence-corrected chi connectivity index (χ0v) is 19.1. The van der Waals surface area contributed by atoms with Crippen molar-refractivity contribution in [2.45, 2.75) is 37.1 Å². The molecule has 2 unspecified atom stereocenters. The smallest absolute Gasteiger partial charge is 0.243 e. The van der Waals surface area contributed by atoms with E-state index in [1.165, 1.54) is 25.7 Å². The van der Waals surface area contributed by atoms with E-state index in [2.05, 4.69) is 20.1 Å². The molecule has 2 atom stereocenters. The lowest BCUT2D eigenvalue weighted by molar-refractivity contribution is 0.222. The SMILES string of the molecule is CN=C(NCc1ccccc1S(=O)(=O)N1CCN(C)CC1)N1CC2CCCCC2C1. The van der Waals surface area contributed by atoms with E-state index in [1.54, 1.807) is 10.4 Å². The second kappa shape index (κ2) is 9.24. The molecule has 0 amide bonds. The van der Waals surface area contributed by atoms with Gasteiger partial charge in [0.25, 0.3) is 0 Å². The van der Waals surface area contributed by atoms with Gasteiger partial charge in [-0.05, 0) is 43.4 Å². The van der Waals surface area contributed by atoms with Crippen LogP contribution in [0.2, 0.25) is 0 Å². The largest absolute Gasteiger partial charge is 0.352 e. The van der Waals surface area contributed by atoms with Gasteiger partial charge in [0, 0.05) is 52.9 Å². The summed E-state index contributed by atoms with van der Waals surface area (Å²) in [7, 11) is 0.353. The molecule has 3 aliphatic rings. The zero-order valence-electron chi connectivity index (χ0n) is 18.3. The van der Waals surface area contributed by atoms with Crippen molar-refractivity contribution in [1.82, 2.24) is 19.4 Å². The van der Waals surface area contributed by atoms with Crippen LogP contribution in [0.4, 0.5) is 0 Å². The van der Waals surface area contributed by atoms with Crippen LogP contribution in [0.15, 0.2) is 34.2 Å². The number of likely N-dealkylation sites (N-methyl/N-ethyl adjacent to an activating group) is 1. The second-order valence-electron chi connectivity index (χ2n) is 8.93. The highest BCUT2D eigenvalue weighted by Crippen LogP contribution is 2.36. The number of benzene rings is 1. The third kappa shape index (κ3) is 4.50. The first-order valence-corrected chi connectivity index (χ1v) is 12.6. The molecule has 3 fully saturated rings. The Morgan fingerprint density at radius 3 is 2.33 bits per heavy atom. The lowest BCUT2D eigenvalue weighted by Crippen LogP contribution is -2.47. The molecule has 0 aromatic heterocycles. The normalized spacial score (nSPS) is 26.6. The Morgan fingerprint density at radius 1 is 1.07 bits per heavy atom. The number of sulfonamides is 1. The van der Waals surface area contributed by atoms with Gasteiger partial charge < -0.3 is 15.1 Å². The Balaban J connectivity index is 1.45. The number of likely N-dealkylation sites (tertiary alicyclic amines) is 1. The van der Waals surface area contributed by atoms with Gasteiger partial charge in [0.05, 0.1) is 4.90 Å². The predicted octanol–water partition coefficient (Wildman–Crippen LogP) is 1.82. The van der Waals surface area contributed by atoms with Crippen LogP contribution < -0.4 is 5.32 Å². The summed E-state index contributed by atoms with van der Waals surface area (Å²) in [4.78, 5) is 9.43. The molecule has 2 heterocycles. The van der Waals surface area contributed by atoms with Gasteiger partial charge in [-0.2, -0.15) is 4.31 Å². The number of hydrogen-bond acceptors (Lipinski definition) is 4. The van der Waals surface area contributed by atoms with E-state index < -0.39 is 10.0 Å². The molecule has 1 saturated carbocycles. The monoisotopic (exact) mass is 433 g/mol. The molecule has 7 nitrogen and oxygen atoms in total. The molecular weight excluding hydrogens is 398 g/mol. The Kier molecular flexibility index (Phi) is 6.65. The fraction of sp³-hybridized carbons (Fsp3) is 0.682. The third-order valence-electron chi connectivity index (χ3n) is 6.98. The number of hydrogen-bond donors (Lipinski definition) is 1. The molecule has 1 aromatic rings. The molecule has 0 bridgehead atoms. The van der Waals surface area contributed by atoms with Crippen LogP contribution in [0.1, 0.15) is 31.2 Å². The number of aliphatic imine (C=N–C) groups is 1. The molecule has 166 valence electrons.